The van der Waals surface area contributed by atoms with Crippen molar-refractivity contribution in [1.29, 1.82) is 0 Å². The van der Waals surface area contributed by atoms with Crippen molar-refractivity contribution < 1.29 is 4.79 Å². The molecular formula is C10H15N3O. The lowest BCUT2D eigenvalue weighted by Gasteiger charge is -2.15. The van der Waals surface area contributed by atoms with Crippen LogP contribution in [0.25, 0.3) is 0 Å². The maximum absolute atomic E-state index is 11.4. The summed E-state index contributed by atoms with van der Waals surface area (Å²) < 4.78 is 0. The smallest absolute Gasteiger partial charge is 0.321 e. The fourth-order valence-electron chi connectivity index (χ4n) is 0.986. The Kier molecular flexibility index (Phi) is 3.45. The number of rotatable bonds is 2. The van der Waals surface area contributed by atoms with Gasteiger partial charge in [-0.15, -0.1) is 0 Å². The molecule has 1 aromatic rings. The highest BCUT2D eigenvalue weighted by molar-refractivity contribution is 5.88. The number of hydrogen-bond acceptors (Lipinski definition) is 2. The zero-order valence-electron chi connectivity index (χ0n) is 8.74. The molecule has 1 N–H and O–H groups in total. The first-order chi connectivity index (χ1) is 6.63. The molecule has 0 atom stereocenters. The Morgan fingerprint density at radius 2 is 2.29 bits per heavy atom. The molecule has 76 valence electrons. The summed E-state index contributed by atoms with van der Waals surface area (Å²) in [5.74, 6) is 0. The van der Waals surface area contributed by atoms with Crippen molar-refractivity contribution in [3.05, 3.63) is 24.0 Å². The van der Waals surface area contributed by atoms with Gasteiger partial charge in [0.25, 0.3) is 0 Å². The second-order valence-electron chi connectivity index (χ2n) is 3.20. The summed E-state index contributed by atoms with van der Waals surface area (Å²) in [7, 11) is 1.75. The van der Waals surface area contributed by atoms with Crippen LogP contribution in [0.5, 0.6) is 0 Å². The van der Waals surface area contributed by atoms with Crippen LogP contribution in [0.1, 0.15) is 12.5 Å². The minimum Gasteiger partial charge on any atom is -0.328 e. The molecule has 0 aliphatic heterocycles. The van der Waals surface area contributed by atoms with Crippen LogP contribution in [0.2, 0.25) is 0 Å². The van der Waals surface area contributed by atoms with E-state index < -0.39 is 0 Å². The minimum absolute atomic E-state index is 0.111. The van der Waals surface area contributed by atoms with E-state index in [1.165, 1.54) is 0 Å². The molecule has 0 saturated carbocycles. The predicted molar refractivity (Wildman–Crippen MR) is 56.3 cm³/mol. The number of carbonyl (C=O) groups is 1. The number of anilines is 1. The second-order valence-corrected chi connectivity index (χ2v) is 3.20. The fourth-order valence-corrected chi connectivity index (χ4v) is 0.986. The van der Waals surface area contributed by atoms with Gasteiger partial charge in [0.15, 0.2) is 0 Å². The van der Waals surface area contributed by atoms with E-state index in [1.807, 2.05) is 19.9 Å². The summed E-state index contributed by atoms with van der Waals surface area (Å²) in [5, 5.41) is 2.76. The van der Waals surface area contributed by atoms with Gasteiger partial charge in [-0.2, -0.15) is 0 Å². The van der Waals surface area contributed by atoms with Crippen LogP contribution < -0.4 is 5.32 Å². The zero-order valence-corrected chi connectivity index (χ0v) is 8.74. The van der Waals surface area contributed by atoms with Gasteiger partial charge in [-0.05, 0) is 25.5 Å². The van der Waals surface area contributed by atoms with Crippen molar-refractivity contribution in [1.82, 2.24) is 9.88 Å². The van der Waals surface area contributed by atoms with Gasteiger partial charge in [0.2, 0.25) is 0 Å². The normalized spacial score (nSPS) is 9.64. The third-order valence-electron chi connectivity index (χ3n) is 1.95. The molecule has 0 saturated heterocycles. The Bertz CT molecular complexity index is 325. The summed E-state index contributed by atoms with van der Waals surface area (Å²) in [5.41, 5.74) is 1.76. The van der Waals surface area contributed by atoms with Crippen molar-refractivity contribution in [3.8, 4) is 0 Å². The number of amides is 2. The number of aryl methyl sites for hydroxylation is 1. The topological polar surface area (TPSA) is 45.2 Å². The van der Waals surface area contributed by atoms with Crippen molar-refractivity contribution in [2.75, 3.05) is 18.9 Å². The summed E-state index contributed by atoms with van der Waals surface area (Å²) >= 11 is 0. The SMILES string of the molecule is CCN(C)C(=O)Nc1cncc(C)c1. The number of hydrogen-bond donors (Lipinski definition) is 1. The Labute approximate surface area is 83.9 Å². The van der Waals surface area contributed by atoms with Gasteiger partial charge in [0.05, 0.1) is 11.9 Å². The van der Waals surface area contributed by atoms with E-state index >= 15 is 0 Å². The van der Waals surface area contributed by atoms with Crippen LogP contribution in [-0.4, -0.2) is 29.5 Å². The van der Waals surface area contributed by atoms with E-state index in [-0.39, 0.29) is 6.03 Å². The lowest BCUT2D eigenvalue weighted by atomic mass is 10.3. The molecule has 0 aliphatic carbocycles. The number of nitrogens with one attached hydrogen (secondary N) is 1. The molecule has 0 aromatic carbocycles. The summed E-state index contributed by atoms with van der Waals surface area (Å²) in [6, 6.07) is 1.77. The molecule has 1 aromatic heterocycles. The zero-order chi connectivity index (χ0) is 10.6. The van der Waals surface area contributed by atoms with E-state index in [0.29, 0.717) is 6.54 Å². The van der Waals surface area contributed by atoms with Crippen LogP contribution in [0.3, 0.4) is 0 Å². The summed E-state index contributed by atoms with van der Waals surface area (Å²) in [6.45, 7) is 4.55. The first kappa shape index (κ1) is 10.5. The molecular weight excluding hydrogens is 178 g/mol. The van der Waals surface area contributed by atoms with Gasteiger partial charge in [0.1, 0.15) is 0 Å². The van der Waals surface area contributed by atoms with Gasteiger partial charge in [0, 0.05) is 19.8 Å². The van der Waals surface area contributed by atoms with Crippen molar-refractivity contribution in [2.45, 2.75) is 13.8 Å². The number of nitrogens with zero attached hydrogens (tertiary/aromatic N) is 2. The maximum atomic E-state index is 11.4. The van der Waals surface area contributed by atoms with Crippen LogP contribution in [0, 0.1) is 6.92 Å². The lowest BCUT2D eigenvalue weighted by Crippen LogP contribution is -2.30. The van der Waals surface area contributed by atoms with E-state index in [2.05, 4.69) is 10.3 Å². The summed E-state index contributed by atoms with van der Waals surface area (Å²) in [6.07, 6.45) is 3.38. The Morgan fingerprint density at radius 1 is 1.57 bits per heavy atom. The molecule has 0 spiro atoms. The van der Waals surface area contributed by atoms with Gasteiger partial charge in [-0.3, -0.25) is 4.98 Å². The maximum Gasteiger partial charge on any atom is 0.321 e. The second kappa shape index (κ2) is 4.60. The third-order valence-corrected chi connectivity index (χ3v) is 1.95. The average molecular weight is 193 g/mol. The molecule has 0 bridgehead atoms. The minimum atomic E-state index is -0.111. The Hall–Kier alpha value is -1.58. The average Bonchev–Trinajstić information content (AvgIpc) is 2.16. The first-order valence-corrected chi connectivity index (χ1v) is 4.57. The standard InChI is InChI=1S/C10H15N3O/c1-4-13(3)10(14)12-9-5-8(2)6-11-7-9/h5-7H,4H2,1-3H3,(H,12,14). The van der Waals surface area contributed by atoms with Gasteiger partial charge in [-0.1, -0.05) is 0 Å². The van der Waals surface area contributed by atoms with Gasteiger partial charge >= 0.3 is 6.03 Å². The summed E-state index contributed by atoms with van der Waals surface area (Å²) in [4.78, 5) is 17.0. The number of urea groups is 1. The molecule has 14 heavy (non-hydrogen) atoms. The predicted octanol–water partition coefficient (Wildman–Crippen LogP) is 1.87. The number of aromatic nitrogens is 1. The fraction of sp³-hybridized carbons (Fsp3) is 0.400. The molecule has 0 unspecified atom stereocenters. The molecule has 0 radical (unpaired) electrons. The number of pyridine rings is 1. The van der Waals surface area contributed by atoms with Crippen LogP contribution in [-0.2, 0) is 0 Å². The lowest BCUT2D eigenvalue weighted by molar-refractivity contribution is 0.224. The van der Waals surface area contributed by atoms with E-state index in [4.69, 9.17) is 0 Å². The van der Waals surface area contributed by atoms with Crippen molar-refractivity contribution in [3.63, 3.8) is 0 Å². The molecule has 1 heterocycles. The van der Waals surface area contributed by atoms with Gasteiger partial charge in [-0.25, -0.2) is 4.79 Å². The molecule has 0 fully saturated rings. The van der Waals surface area contributed by atoms with Gasteiger partial charge < -0.3 is 10.2 Å². The molecule has 2 amide bonds. The highest BCUT2D eigenvalue weighted by Gasteiger charge is 2.05. The van der Waals surface area contributed by atoms with Crippen LogP contribution >= 0.6 is 0 Å². The monoisotopic (exact) mass is 193 g/mol. The van der Waals surface area contributed by atoms with Crippen LogP contribution in [0.4, 0.5) is 10.5 Å². The first-order valence-electron chi connectivity index (χ1n) is 4.57. The molecule has 1 rings (SSSR count). The largest absolute Gasteiger partial charge is 0.328 e. The highest BCUT2D eigenvalue weighted by atomic mass is 16.2. The Morgan fingerprint density at radius 3 is 2.86 bits per heavy atom. The highest BCUT2D eigenvalue weighted by Crippen LogP contribution is 2.07. The van der Waals surface area contributed by atoms with E-state index in [9.17, 15) is 4.79 Å². The molecule has 0 aliphatic rings. The van der Waals surface area contributed by atoms with Crippen molar-refractivity contribution in [2.24, 2.45) is 0 Å². The van der Waals surface area contributed by atoms with Crippen LogP contribution in [0.15, 0.2) is 18.5 Å². The number of carbonyl (C=O) groups excluding carboxylic acids is 1. The van der Waals surface area contributed by atoms with E-state index in [1.54, 1.807) is 24.3 Å². The third kappa shape index (κ3) is 2.73. The quantitative estimate of drug-likeness (QED) is 0.779. The Balaban J connectivity index is 2.65. The molecule has 4 heteroatoms. The van der Waals surface area contributed by atoms with Crippen molar-refractivity contribution >= 4 is 11.7 Å². The molecule has 4 nitrogen and oxygen atoms in total. The van der Waals surface area contributed by atoms with E-state index in [0.717, 1.165) is 11.3 Å².